The van der Waals surface area contributed by atoms with E-state index in [0.717, 1.165) is 0 Å². The van der Waals surface area contributed by atoms with Crippen molar-refractivity contribution in [2.24, 2.45) is 0 Å². The molecule has 0 aromatic carbocycles. The molecule has 0 aliphatic carbocycles. The second-order valence-electron chi connectivity index (χ2n) is 2.46. The first-order valence-corrected chi connectivity index (χ1v) is 5.41. The third-order valence-electron chi connectivity index (χ3n) is 1.15. The summed E-state index contributed by atoms with van der Waals surface area (Å²) in [6.45, 7) is 1.41. The molecule has 0 heterocycles. The predicted octanol–water partition coefficient (Wildman–Crippen LogP) is -1.97. The van der Waals surface area contributed by atoms with Crippen LogP contribution in [-0.4, -0.2) is 24.6 Å². The molecule has 10 heteroatoms. The summed E-state index contributed by atoms with van der Waals surface area (Å²) in [4.78, 5) is 21.2. The van der Waals surface area contributed by atoms with Gasteiger partial charge in [-0.3, -0.25) is 4.79 Å². The van der Waals surface area contributed by atoms with Gasteiger partial charge in [0.05, 0.1) is 6.61 Å². The molecule has 0 aromatic heterocycles. The smallest absolute Gasteiger partial charge is 0.776 e. The van der Waals surface area contributed by atoms with Crippen LogP contribution >= 0.6 is 7.60 Å². The quantitative estimate of drug-likeness (QED) is 0.331. The first-order chi connectivity index (χ1) is 6.61. The first-order valence-electron chi connectivity index (χ1n) is 3.80. The summed E-state index contributed by atoms with van der Waals surface area (Å²) in [6, 6.07) is 0. The Morgan fingerprint density at radius 1 is 1.50 bits per heavy atom. The van der Waals surface area contributed by atoms with Crippen molar-refractivity contribution in [1.29, 1.82) is 0 Å². The minimum absolute atomic E-state index is 0. The van der Waals surface area contributed by atoms with E-state index in [2.05, 4.69) is 9.26 Å². The molecule has 16 heavy (non-hydrogen) atoms. The van der Waals surface area contributed by atoms with E-state index in [1.807, 2.05) is 0 Å². The summed E-state index contributed by atoms with van der Waals surface area (Å²) in [5, 5.41) is 0. The van der Waals surface area contributed by atoms with Crippen LogP contribution in [-0.2, 0) is 18.6 Å². The number of ether oxygens (including phenoxy) is 1. The maximum Gasteiger partial charge on any atom is 1.00 e. The maximum absolute atomic E-state index is 12.2. The van der Waals surface area contributed by atoms with E-state index in [0.29, 0.717) is 6.92 Å². The molecule has 0 bridgehead atoms. The second-order valence-corrected chi connectivity index (χ2v) is 4.27. The van der Waals surface area contributed by atoms with Gasteiger partial charge in [0.2, 0.25) is 0 Å². The fourth-order valence-electron chi connectivity index (χ4n) is 0.715. The Kier molecular flexibility index (Phi) is 7.66. The molecule has 0 aliphatic heterocycles. The summed E-state index contributed by atoms with van der Waals surface area (Å²) in [5.41, 5.74) is 0. The van der Waals surface area contributed by atoms with E-state index in [9.17, 15) is 27.4 Å². The van der Waals surface area contributed by atoms with E-state index in [1.165, 1.54) is 6.92 Å². The Hall–Kier alpha value is 0.00740. The van der Waals surface area contributed by atoms with E-state index in [4.69, 9.17) is 0 Å². The first kappa shape index (κ1) is 18.4. The summed E-state index contributed by atoms with van der Waals surface area (Å²) < 4.78 is 55.0. The third kappa shape index (κ3) is 5.92. The van der Waals surface area contributed by atoms with Crippen LogP contribution in [0.25, 0.3) is 0 Å². The van der Waals surface area contributed by atoms with Crippen molar-refractivity contribution in [3.05, 3.63) is 0 Å². The molecule has 0 amide bonds. The van der Waals surface area contributed by atoms with Crippen molar-refractivity contribution < 1.29 is 55.5 Å². The molecule has 90 valence electrons. The molecule has 5 nitrogen and oxygen atoms in total. The fourth-order valence-corrected chi connectivity index (χ4v) is 1.85. The number of hydrogen-bond acceptors (Lipinski definition) is 5. The number of rotatable bonds is 4. The summed E-state index contributed by atoms with van der Waals surface area (Å²) in [6.07, 6.45) is -5.21. The number of halogens is 3. The van der Waals surface area contributed by atoms with Crippen LogP contribution in [0, 0.1) is 0 Å². The standard InChI is InChI=1S/C6H10F3O5P.Li/c1-3-13-15(11,12)5(6(7,8)9)14-4(2)10;/h5H,3H2,1-2H3,(H,11,12);/q;+1/p-1. The van der Waals surface area contributed by atoms with E-state index in [-0.39, 0.29) is 18.9 Å². The van der Waals surface area contributed by atoms with Crippen molar-refractivity contribution in [1.82, 2.24) is 0 Å². The fraction of sp³-hybridized carbons (Fsp3) is 0.833. The van der Waals surface area contributed by atoms with Gasteiger partial charge in [0.15, 0.2) is 7.60 Å². The molecule has 0 N–H and O–H groups in total. The molecule has 2 unspecified atom stereocenters. The van der Waals surface area contributed by atoms with Crippen molar-refractivity contribution in [2.45, 2.75) is 25.9 Å². The Bertz CT molecular complexity index is 282. The topological polar surface area (TPSA) is 75.7 Å². The second kappa shape index (κ2) is 6.67. The number of carbonyl (C=O) groups excluding carboxylic acids is 1. The molecule has 0 aliphatic rings. The van der Waals surface area contributed by atoms with Crippen molar-refractivity contribution in [2.75, 3.05) is 6.61 Å². The number of carbonyl (C=O) groups is 1. The van der Waals surface area contributed by atoms with Gasteiger partial charge in [0, 0.05) is 6.92 Å². The Morgan fingerprint density at radius 2 is 1.94 bits per heavy atom. The van der Waals surface area contributed by atoms with Gasteiger partial charge in [0.1, 0.15) is 0 Å². The summed E-state index contributed by atoms with van der Waals surface area (Å²) >= 11 is 0. The van der Waals surface area contributed by atoms with Crippen molar-refractivity contribution in [3.63, 3.8) is 0 Å². The van der Waals surface area contributed by atoms with Gasteiger partial charge < -0.3 is 18.7 Å². The van der Waals surface area contributed by atoms with Gasteiger partial charge in [-0.25, -0.2) is 0 Å². The molecule has 0 saturated heterocycles. The molecular formula is C6H9F3LiO5P. The van der Waals surface area contributed by atoms with Crippen molar-refractivity contribution in [3.8, 4) is 0 Å². The predicted molar refractivity (Wildman–Crippen MR) is 40.8 cm³/mol. The van der Waals surface area contributed by atoms with Crippen LogP contribution in [0.4, 0.5) is 13.2 Å². The maximum atomic E-state index is 12.2. The monoisotopic (exact) mass is 256 g/mol. The van der Waals surface area contributed by atoms with Crippen LogP contribution in [0.3, 0.4) is 0 Å². The summed E-state index contributed by atoms with van der Waals surface area (Å²) in [5.74, 6) is -4.60. The van der Waals surface area contributed by atoms with Crippen molar-refractivity contribution >= 4 is 13.6 Å². The largest absolute Gasteiger partial charge is 1.00 e. The molecule has 2 atom stereocenters. The van der Waals surface area contributed by atoms with Gasteiger partial charge in [-0.15, -0.1) is 0 Å². The SMILES string of the molecule is CCOP(=O)([O-])C(OC(C)=O)C(F)(F)F.[Li+]. The van der Waals surface area contributed by atoms with E-state index < -0.39 is 32.2 Å². The van der Waals surface area contributed by atoms with Crippen LogP contribution in [0.15, 0.2) is 0 Å². The molecule has 0 fully saturated rings. The van der Waals surface area contributed by atoms with Crippen LogP contribution in [0.1, 0.15) is 13.8 Å². The summed E-state index contributed by atoms with van der Waals surface area (Å²) in [7, 11) is -5.30. The van der Waals surface area contributed by atoms with Gasteiger partial charge >= 0.3 is 31.0 Å². The average Bonchev–Trinajstić information content (AvgIpc) is 1.97. The molecule has 0 saturated carbocycles. The minimum atomic E-state index is -5.30. The van der Waals surface area contributed by atoms with E-state index in [1.54, 1.807) is 0 Å². The normalized spacial score (nSPS) is 16.9. The number of esters is 1. The minimum Gasteiger partial charge on any atom is -0.776 e. The average molecular weight is 256 g/mol. The molecular weight excluding hydrogens is 247 g/mol. The van der Waals surface area contributed by atoms with Gasteiger partial charge in [-0.1, -0.05) is 0 Å². The zero-order valence-corrected chi connectivity index (χ0v) is 9.80. The third-order valence-corrected chi connectivity index (χ3v) is 2.74. The van der Waals surface area contributed by atoms with Gasteiger partial charge in [-0.05, 0) is 6.92 Å². The zero-order chi connectivity index (χ0) is 12.3. The number of hydrogen-bond donors (Lipinski definition) is 0. The Morgan fingerprint density at radius 3 is 2.19 bits per heavy atom. The number of alkyl halides is 3. The Balaban J connectivity index is 0. The molecule has 0 aromatic rings. The van der Waals surface area contributed by atoms with Gasteiger partial charge in [-0.2, -0.15) is 13.2 Å². The zero-order valence-electron chi connectivity index (χ0n) is 8.91. The van der Waals surface area contributed by atoms with Crippen LogP contribution < -0.4 is 23.8 Å². The van der Waals surface area contributed by atoms with Crippen LogP contribution in [0.5, 0.6) is 0 Å². The van der Waals surface area contributed by atoms with Crippen LogP contribution in [0.2, 0.25) is 0 Å². The van der Waals surface area contributed by atoms with E-state index >= 15 is 0 Å². The molecule has 0 spiro atoms. The molecule has 0 rings (SSSR count). The van der Waals surface area contributed by atoms with Gasteiger partial charge in [0.25, 0.3) is 5.85 Å². The Labute approximate surface area is 102 Å². The molecule has 0 radical (unpaired) electrons.